The average molecular weight is 510 g/mol. The van der Waals surface area contributed by atoms with Crippen molar-refractivity contribution in [3.05, 3.63) is 30.1 Å². The number of hydrogen-bond acceptors (Lipinski definition) is 5. The number of piperidine rings is 1. The fourth-order valence-electron chi connectivity index (χ4n) is 4.88. The molecular formula is C23H32FN5O5S. The Labute approximate surface area is 204 Å². The van der Waals surface area contributed by atoms with E-state index in [9.17, 15) is 27.2 Å². The van der Waals surface area contributed by atoms with Gasteiger partial charge in [0.05, 0.1) is 4.90 Å². The quantitative estimate of drug-likeness (QED) is 0.544. The minimum Gasteiger partial charge on any atom is -0.354 e. The second-order valence-electron chi connectivity index (χ2n) is 9.31. The molecule has 2 saturated heterocycles. The molecule has 192 valence electrons. The molecule has 1 aromatic carbocycles. The van der Waals surface area contributed by atoms with Crippen molar-refractivity contribution >= 4 is 27.9 Å². The Balaban J connectivity index is 1.54. The van der Waals surface area contributed by atoms with Gasteiger partial charge in [-0.05, 0) is 49.9 Å². The zero-order valence-electron chi connectivity index (χ0n) is 19.5. The molecule has 3 aliphatic rings. The third-order valence-corrected chi connectivity index (χ3v) is 8.80. The van der Waals surface area contributed by atoms with E-state index in [0.717, 1.165) is 60.7 Å². The molecule has 1 saturated carbocycles. The minimum atomic E-state index is -4.16. The van der Waals surface area contributed by atoms with Gasteiger partial charge in [-0.25, -0.2) is 17.6 Å². The molecule has 1 aromatic rings. The van der Waals surface area contributed by atoms with Crippen LogP contribution in [0.1, 0.15) is 44.9 Å². The standard InChI is InChI=1S/C23H32FN5O5S/c24-16-8-10-18(11-9-16)35(33,34)29-14-13-28(23(32)26-17-5-2-1-3-6-17)15-20(29)22(31)27-19-7-4-12-25-21(19)30/h8-11,17,19-20H,1-7,12-15H2,(H,25,30)(H,26,32)(H,27,31)/t19-,20-/m1/s1. The molecule has 0 bridgehead atoms. The van der Waals surface area contributed by atoms with Crippen molar-refractivity contribution in [2.24, 2.45) is 0 Å². The maximum atomic E-state index is 13.4. The van der Waals surface area contributed by atoms with E-state index in [-0.39, 0.29) is 42.5 Å². The Morgan fingerprint density at radius 1 is 0.971 bits per heavy atom. The van der Waals surface area contributed by atoms with Crippen LogP contribution in [0.15, 0.2) is 29.2 Å². The first-order valence-electron chi connectivity index (χ1n) is 12.2. The lowest BCUT2D eigenvalue weighted by molar-refractivity contribution is -0.132. The molecule has 3 fully saturated rings. The average Bonchev–Trinajstić information content (AvgIpc) is 2.86. The van der Waals surface area contributed by atoms with Gasteiger partial charge in [0.2, 0.25) is 21.8 Å². The monoisotopic (exact) mass is 509 g/mol. The summed E-state index contributed by atoms with van der Waals surface area (Å²) in [6.45, 7) is 0.368. The minimum absolute atomic E-state index is 0.0652. The number of rotatable bonds is 5. The van der Waals surface area contributed by atoms with Crippen LogP contribution in [-0.2, 0) is 19.6 Å². The van der Waals surface area contributed by atoms with Crippen molar-refractivity contribution in [3.63, 3.8) is 0 Å². The van der Waals surface area contributed by atoms with Gasteiger partial charge in [0.15, 0.2) is 0 Å². The zero-order chi connectivity index (χ0) is 25.0. The molecule has 2 atom stereocenters. The maximum Gasteiger partial charge on any atom is 0.317 e. The van der Waals surface area contributed by atoms with E-state index < -0.39 is 33.8 Å². The fourth-order valence-corrected chi connectivity index (χ4v) is 6.45. The number of urea groups is 1. The lowest BCUT2D eigenvalue weighted by Gasteiger charge is -2.40. The van der Waals surface area contributed by atoms with Crippen LogP contribution in [0.25, 0.3) is 0 Å². The smallest absolute Gasteiger partial charge is 0.317 e. The largest absolute Gasteiger partial charge is 0.354 e. The molecule has 0 spiro atoms. The summed E-state index contributed by atoms with van der Waals surface area (Å²) < 4.78 is 41.2. The predicted octanol–water partition coefficient (Wildman–Crippen LogP) is 0.938. The van der Waals surface area contributed by atoms with E-state index in [0.29, 0.717) is 19.4 Å². The molecule has 2 aliphatic heterocycles. The fraction of sp³-hybridized carbons (Fsp3) is 0.609. The zero-order valence-corrected chi connectivity index (χ0v) is 20.4. The van der Waals surface area contributed by atoms with Crippen molar-refractivity contribution in [2.45, 2.75) is 68.0 Å². The second kappa shape index (κ2) is 10.9. The third kappa shape index (κ3) is 5.92. The Morgan fingerprint density at radius 2 is 1.69 bits per heavy atom. The Morgan fingerprint density at radius 3 is 2.37 bits per heavy atom. The van der Waals surface area contributed by atoms with Crippen molar-refractivity contribution in [3.8, 4) is 0 Å². The molecule has 0 radical (unpaired) electrons. The third-order valence-electron chi connectivity index (χ3n) is 6.88. The number of hydrogen-bond donors (Lipinski definition) is 3. The van der Waals surface area contributed by atoms with E-state index >= 15 is 0 Å². The summed E-state index contributed by atoms with van der Waals surface area (Å²) in [6.07, 6.45) is 6.15. The van der Waals surface area contributed by atoms with Gasteiger partial charge < -0.3 is 20.9 Å². The van der Waals surface area contributed by atoms with Crippen molar-refractivity contribution < 1.29 is 27.2 Å². The van der Waals surface area contributed by atoms with Gasteiger partial charge in [-0.1, -0.05) is 19.3 Å². The molecule has 35 heavy (non-hydrogen) atoms. The lowest BCUT2D eigenvalue weighted by Crippen LogP contribution is -2.64. The molecular weight excluding hydrogens is 477 g/mol. The SMILES string of the molecule is O=C(N[C@@H]1CCCNC1=O)[C@H]1CN(C(=O)NC2CCCCC2)CCN1S(=O)(=O)c1ccc(F)cc1. The van der Waals surface area contributed by atoms with E-state index in [4.69, 9.17) is 0 Å². The van der Waals surface area contributed by atoms with E-state index in [1.54, 1.807) is 0 Å². The normalized spacial score (nSPS) is 24.5. The topological polar surface area (TPSA) is 128 Å². The van der Waals surface area contributed by atoms with Crippen molar-refractivity contribution in [1.82, 2.24) is 25.2 Å². The van der Waals surface area contributed by atoms with Gasteiger partial charge >= 0.3 is 6.03 Å². The number of sulfonamides is 1. The van der Waals surface area contributed by atoms with Crippen LogP contribution in [-0.4, -0.2) is 79.8 Å². The number of nitrogens with one attached hydrogen (secondary N) is 3. The Bertz CT molecular complexity index is 1040. The van der Waals surface area contributed by atoms with Gasteiger partial charge in [-0.15, -0.1) is 0 Å². The highest BCUT2D eigenvalue weighted by Crippen LogP contribution is 2.23. The number of carbonyl (C=O) groups excluding carboxylic acids is 3. The summed E-state index contributed by atoms with van der Waals surface area (Å²) in [6, 6.07) is 2.13. The van der Waals surface area contributed by atoms with Crippen LogP contribution in [0.5, 0.6) is 0 Å². The molecule has 4 amide bonds. The molecule has 10 nitrogen and oxygen atoms in total. The van der Waals surface area contributed by atoms with E-state index in [2.05, 4.69) is 16.0 Å². The predicted molar refractivity (Wildman–Crippen MR) is 125 cm³/mol. The Hall–Kier alpha value is -2.73. The Kier molecular flexibility index (Phi) is 7.90. The highest BCUT2D eigenvalue weighted by Gasteiger charge is 2.42. The second-order valence-corrected chi connectivity index (χ2v) is 11.2. The number of halogens is 1. The van der Waals surface area contributed by atoms with Gasteiger partial charge in [0.1, 0.15) is 17.9 Å². The number of nitrogens with zero attached hydrogens (tertiary/aromatic N) is 2. The summed E-state index contributed by atoms with van der Waals surface area (Å²) in [7, 11) is -4.16. The van der Waals surface area contributed by atoms with Crippen LogP contribution in [0, 0.1) is 5.82 Å². The first kappa shape index (κ1) is 25.4. The summed E-state index contributed by atoms with van der Waals surface area (Å²) in [5.74, 6) is -1.54. The number of benzene rings is 1. The molecule has 0 unspecified atom stereocenters. The number of amides is 4. The van der Waals surface area contributed by atoms with Crippen LogP contribution in [0.2, 0.25) is 0 Å². The first-order valence-corrected chi connectivity index (χ1v) is 13.6. The molecule has 3 N–H and O–H groups in total. The van der Waals surface area contributed by atoms with Crippen LogP contribution in [0.3, 0.4) is 0 Å². The maximum absolute atomic E-state index is 13.4. The summed E-state index contributed by atoms with van der Waals surface area (Å²) in [5, 5.41) is 8.37. The summed E-state index contributed by atoms with van der Waals surface area (Å²) in [4.78, 5) is 39.7. The molecule has 2 heterocycles. The highest BCUT2D eigenvalue weighted by molar-refractivity contribution is 7.89. The molecule has 4 rings (SSSR count). The highest BCUT2D eigenvalue weighted by atomic mass is 32.2. The van der Waals surface area contributed by atoms with Crippen molar-refractivity contribution in [1.29, 1.82) is 0 Å². The molecule has 1 aliphatic carbocycles. The summed E-state index contributed by atoms with van der Waals surface area (Å²) >= 11 is 0. The summed E-state index contributed by atoms with van der Waals surface area (Å²) in [5.41, 5.74) is 0. The van der Waals surface area contributed by atoms with Crippen molar-refractivity contribution in [2.75, 3.05) is 26.2 Å². The van der Waals surface area contributed by atoms with E-state index in [1.807, 2.05) is 0 Å². The van der Waals surface area contributed by atoms with E-state index in [1.165, 1.54) is 4.90 Å². The van der Waals surface area contributed by atoms with Gasteiger partial charge in [-0.3, -0.25) is 9.59 Å². The lowest BCUT2D eigenvalue weighted by atomic mass is 9.96. The first-order chi connectivity index (χ1) is 16.8. The molecule has 0 aromatic heterocycles. The number of carbonyl (C=O) groups is 3. The van der Waals surface area contributed by atoms with Crippen LogP contribution in [0.4, 0.5) is 9.18 Å². The van der Waals surface area contributed by atoms with Gasteiger partial charge in [-0.2, -0.15) is 4.31 Å². The van der Waals surface area contributed by atoms with Crippen LogP contribution < -0.4 is 16.0 Å². The molecule has 12 heteroatoms. The van der Waals surface area contributed by atoms with Crippen LogP contribution >= 0.6 is 0 Å². The van der Waals surface area contributed by atoms with Gasteiger partial charge in [0.25, 0.3) is 0 Å². The van der Waals surface area contributed by atoms with Gasteiger partial charge in [0, 0.05) is 32.2 Å². The number of piperazine rings is 1.